The third-order valence-electron chi connectivity index (χ3n) is 3.56. The molecule has 1 fully saturated rings. The number of halogens is 1. The summed E-state index contributed by atoms with van der Waals surface area (Å²) in [5.41, 5.74) is 0.643. The molecule has 1 heterocycles. The van der Waals surface area contributed by atoms with Gasteiger partial charge in [-0.05, 0) is 56.3 Å². The van der Waals surface area contributed by atoms with Crippen LogP contribution in [0.2, 0.25) is 0 Å². The second-order valence-electron chi connectivity index (χ2n) is 5.76. The van der Waals surface area contributed by atoms with E-state index in [-0.39, 0.29) is 30.4 Å². The number of hydrogen-bond acceptors (Lipinski definition) is 7. The molecule has 0 N–H and O–H groups in total. The average Bonchev–Trinajstić information content (AvgIpc) is 2.88. The van der Waals surface area contributed by atoms with E-state index in [0.29, 0.717) is 26.4 Å². The van der Waals surface area contributed by atoms with Crippen LogP contribution in [0.15, 0.2) is 21.5 Å². The van der Waals surface area contributed by atoms with E-state index >= 15 is 0 Å². The van der Waals surface area contributed by atoms with Crippen molar-refractivity contribution in [2.75, 3.05) is 20.3 Å². The van der Waals surface area contributed by atoms with E-state index in [4.69, 9.17) is 14.2 Å². The molecule has 146 valence electrons. The number of methoxy groups -OCH3 is 1. The van der Waals surface area contributed by atoms with Crippen LogP contribution in [0, 0.1) is 0 Å². The lowest BCUT2D eigenvalue weighted by Gasteiger charge is -2.16. The zero-order chi connectivity index (χ0) is 20.1. The number of carbonyl (C=O) groups is 3. The number of imide groups is 1. The van der Waals surface area contributed by atoms with Crippen LogP contribution in [0.1, 0.15) is 26.3 Å². The highest BCUT2D eigenvalue weighted by Gasteiger charge is 2.36. The van der Waals surface area contributed by atoms with E-state index in [2.05, 4.69) is 15.9 Å². The van der Waals surface area contributed by atoms with Crippen molar-refractivity contribution in [1.82, 2.24) is 4.90 Å². The lowest BCUT2D eigenvalue weighted by atomic mass is 10.1. The van der Waals surface area contributed by atoms with Crippen LogP contribution in [0.25, 0.3) is 6.08 Å². The minimum atomic E-state index is -0.484. The Bertz CT molecular complexity index is 792. The molecule has 1 aromatic carbocycles. The average molecular weight is 458 g/mol. The monoisotopic (exact) mass is 457 g/mol. The van der Waals surface area contributed by atoms with Crippen LogP contribution >= 0.6 is 27.7 Å². The Morgan fingerprint density at radius 2 is 2.00 bits per heavy atom. The second-order valence-corrected chi connectivity index (χ2v) is 7.61. The zero-order valence-electron chi connectivity index (χ0n) is 15.4. The molecule has 9 heteroatoms. The van der Waals surface area contributed by atoms with Gasteiger partial charge in [-0.3, -0.25) is 14.5 Å². The molecule has 0 aliphatic carbocycles. The first-order valence-electron chi connectivity index (χ1n) is 8.21. The zero-order valence-corrected chi connectivity index (χ0v) is 17.8. The Labute approximate surface area is 170 Å². The Morgan fingerprint density at radius 3 is 2.56 bits per heavy atom. The summed E-state index contributed by atoms with van der Waals surface area (Å²) in [5, 5.41) is -0.293. The van der Waals surface area contributed by atoms with Crippen molar-refractivity contribution in [3.63, 3.8) is 0 Å². The maximum absolute atomic E-state index is 12.4. The SMILES string of the molecule is CCOC(=O)COc1cc(Br)c(C=C2SC(=O)N(C(C)C)C2=O)cc1OC. The molecule has 7 nitrogen and oxygen atoms in total. The van der Waals surface area contributed by atoms with Crippen LogP contribution < -0.4 is 9.47 Å². The number of esters is 1. The molecule has 27 heavy (non-hydrogen) atoms. The standard InChI is InChI=1S/C18H20BrNO6S/c1-5-25-16(21)9-26-14-8-12(19)11(6-13(14)24-4)7-15-17(22)20(10(2)3)18(23)27-15/h6-8,10H,5,9H2,1-4H3. The van der Waals surface area contributed by atoms with Crippen molar-refractivity contribution in [2.24, 2.45) is 0 Å². The van der Waals surface area contributed by atoms with E-state index in [9.17, 15) is 14.4 Å². The predicted molar refractivity (Wildman–Crippen MR) is 106 cm³/mol. The lowest BCUT2D eigenvalue weighted by Crippen LogP contribution is -2.34. The van der Waals surface area contributed by atoms with Crippen molar-refractivity contribution >= 4 is 50.9 Å². The maximum Gasteiger partial charge on any atom is 0.344 e. The Kier molecular flexibility index (Phi) is 7.32. The molecule has 0 atom stereocenters. The van der Waals surface area contributed by atoms with E-state index in [1.165, 1.54) is 12.0 Å². The summed E-state index contributed by atoms with van der Waals surface area (Å²) in [4.78, 5) is 37.5. The van der Waals surface area contributed by atoms with Crippen molar-refractivity contribution in [3.8, 4) is 11.5 Å². The fraction of sp³-hybridized carbons (Fsp3) is 0.389. The number of nitrogens with zero attached hydrogens (tertiary/aromatic N) is 1. The van der Waals surface area contributed by atoms with Gasteiger partial charge in [-0.1, -0.05) is 15.9 Å². The van der Waals surface area contributed by atoms with Crippen molar-refractivity contribution in [1.29, 1.82) is 0 Å². The third-order valence-corrected chi connectivity index (χ3v) is 5.13. The molecule has 0 saturated carbocycles. The highest BCUT2D eigenvalue weighted by atomic mass is 79.9. The highest BCUT2D eigenvalue weighted by molar-refractivity contribution is 9.10. The van der Waals surface area contributed by atoms with E-state index in [1.807, 2.05) is 0 Å². The fourth-order valence-corrected chi connectivity index (χ4v) is 3.73. The molecule has 0 unspecified atom stereocenters. The predicted octanol–water partition coefficient (Wildman–Crippen LogP) is 3.84. The molecular weight excluding hydrogens is 438 g/mol. The summed E-state index contributed by atoms with van der Waals surface area (Å²) < 4.78 is 16.2. The summed E-state index contributed by atoms with van der Waals surface area (Å²) in [7, 11) is 1.47. The Balaban J connectivity index is 2.27. The van der Waals surface area contributed by atoms with Gasteiger partial charge in [-0.15, -0.1) is 0 Å². The summed E-state index contributed by atoms with van der Waals surface area (Å²) in [6.45, 7) is 5.31. The molecule has 1 saturated heterocycles. The first-order valence-corrected chi connectivity index (χ1v) is 9.82. The smallest absolute Gasteiger partial charge is 0.344 e. The van der Waals surface area contributed by atoms with Crippen LogP contribution in [0.3, 0.4) is 0 Å². The van der Waals surface area contributed by atoms with Gasteiger partial charge in [-0.25, -0.2) is 4.79 Å². The van der Waals surface area contributed by atoms with Crippen LogP contribution in [-0.4, -0.2) is 48.4 Å². The summed E-state index contributed by atoms with van der Waals surface area (Å²) in [6.07, 6.45) is 1.62. The summed E-state index contributed by atoms with van der Waals surface area (Å²) >= 11 is 4.31. The Morgan fingerprint density at radius 1 is 1.30 bits per heavy atom. The first-order chi connectivity index (χ1) is 12.8. The van der Waals surface area contributed by atoms with Gasteiger partial charge in [0.1, 0.15) is 0 Å². The molecule has 1 aliphatic rings. The number of thioether (sulfide) groups is 1. The first kappa shape index (κ1) is 21.3. The minimum Gasteiger partial charge on any atom is -0.493 e. The number of hydrogen-bond donors (Lipinski definition) is 0. The number of carbonyl (C=O) groups excluding carboxylic acids is 3. The summed E-state index contributed by atoms with van der Waals surface area (Å²) in [5.74, 6) is -0.0719. The number of rotatable bonds is 7. The number of benzene rings is 1. The van der Waals surface area contributed by atoms with Gasteiger partial charge in [-0.2, -0.15) is 0 Å². The molecule has 0 bridgehead atoms. The van der Waals surface area contributed by atoms with Gasteiger partial charge in [0.05, 0.1) is 18.6 Å². The molecule has 0 spiro atoms. The molecule has 2 amide bonds. The molecule has 2 rings (SSSR count). The largest absolute Gasteiger partial charge is 0.493 e. The normalized spacial score (nSPS) is 15.6. The fourth-order valence-electron chi connectivity index (χ4n) is 2.34. The third kappa shape index (κ3) is 5.04. The van der Waals surface area contributed by atoms with Crippen molar-refractivity contribution < 1.29 is 28.6 Å². The molecular formula is C18H20BrNO6S. The van der Waals surface area contributed by atoms with Gasteiger partial charge >= 0.3 is 5.97 Å². The van der Waals surface area contributed by atoms with Crippen molar-refractivity contribution in [3.05, 3.63) is 27.1 Å². The van der Waals surface area contributed by atoms with E-state index in [0.717, 1.165) is 11.8 Å². The molecule has 0 radical (unpaired) electrons. The van der Waals surface area contributed by atoms with Gasteiger partial charge in [0, 0.05) is 10.5 Å². The molecule has 0 aromatic heterocycles. The van der Waals surface area contributed by atoms with Crippen LogP contribution in [0.4, 0.5) is 4.79 Å². The van der Waals surface area contributed by atoms with Gasteiger partial charge in [0.2, 0.25) is 0 Å². The topological polar surface area (TPSA) is 82.1 Å². The van der Waals surface area contributed by atoms with Crippen LogP contribution in [-0.2, 0) is 14.3 Å². The quantitative estimate of drug-likeness (QED) is 0.454. The van der Waals surface area contributed by atoms with Gasteiger partial charge < -0.3 is 14.2 Å². The van der Waals surface area contributed by atoms with Gasteiger partial charge in [0.15, 0.2) is 18.1 Å². The van der Waals surface area contributed by atoms with Crippen molar-refractivity contribution in [2.45, 2.75) is 26.8 Å². The number of ether oxygens (including phenoxy) is 3. The van der Waals surface area contributed by atoms with E-state index in [1.54, 1.807) is 39.0 Å². The molecule has 1 aromatic rings. The van der Waals surface area contributed by atoms with Gasteiger partial charge in [0.25, 0.3) is 11.1 Å². The minimum absolute atomic E-state index is 0.208. The maximum atomic E-state index is 12.4. The molecule has 1 aliphatic heterocycles. The lowest BCUT2D eigenvalue weighted by molar-refractivity contribution is -0.145. The van der Waals surface area contributed by atoms with Crippen LogP contribution in [0.5, 0.6) is 11.5 Å². The second kappa shape index (κ2) is 9.27. The Hall–Kier alpha value is -2.00. The summed E-state index contributed by atoms with van der Waals surface area (Å²) in [6, 6.07) is 3.09. The highest BCUT2D eigenvalue weighted by Crippen LogP contribution is 2.38. The van der Waals surface area contributed by atoms with E-state index < -0.39 is 5.97 Å². The number of amides is 2.